The van der Waals surface area contributed by atoms with Crippen molar-refractivity contribution in [3.8, 4) is 0 Å². The summed E-state index contributed by atoms with van der Waals surface area (Å²) in [6.45, 7) is 5.69. The van der Waals surface area contributed by atoms with Crippen molar-refractivity contribution < 1.29 is 9.90 Å². The van der Waals surface area contributed by atoms with Crippen molar-refractivity contribution in [3.05, 3.63) is 33.2 Å². The van der Waals surface area contributed by atoms with E-state index in [1.165, 1.54) is 12.5 Å². The van der Waals surface area contributed by atoms with E-state index in [0.717, 1.165) is 25.7 Å². The lowest BCUT2D eigenvalue weighted by molar-refractivity contribution is 0.0693. The maximum Gasteiger partial charge on any atom is 0.337 e. The molecule has 1 fully saturated rings. The Morgan fingerprint density at radius 3 is 2.60 bits per heavy atom. The minimum absolute atomic E-state index is 0.0652. The van der Waals surface area contributed by atoms with Crippen LogP contribution in [0, 0.1) is 19.8 Å². The Morgan fingerprint density at radius 1 is 1.25 bits per heavy atom. The molecule has 2 rings (SSSR count). The van der Waals surface area contributed by atoms with Crippen LogP contribution < -0.4 is 5.56 Å². The number of aromatic carboxylic acids is 1. The van der Waals surface area contributed by atoms with Crippen molar-refractivity contribution in [2.24, 2.45) is 5.92 Å². The van der Waals surface area contributed by atoms with Crippen LogP contribution in [-0.2, 0) is 0 Å². The first-order valence-electron chi connectivity index (χ1n) is 7.37. The van der Waals surface area contributed by atoms with Gasteiger partial charge in [-0.25, -0.2) is 4.79 Å². The third-order valence-electron chi connectivity index (χ3n) is 4.50. The predicted molar refractivity (Wildman–Crippen MR) is 78.4 cm³/mol. The molecule has 110 valence electrons. The fourth-order valence-corrected chi connectivity index (χ4v) is 3.40. The van der Waals surface area contributed by atoms with Gasteiger partial charge in [0.1, 0.15) is 0 Å². The number of carboxylic acid groups (broad SMARTS) is 1. The van der Waals surface area contributed by atoms with Crippen LogP contribution in [0.2, 0.25) is 0 Å². The molecular weight excluding hydrogens is 254 g/mol. The molecule has 2 atom stereocenters. The largest absolute Gasteiger partial charge is 0.478 e. The van der Waals surface area contributed by atoms with Crippen LogP contribution in [0.5, 0.6) is 0 Å². The number of rotatable bonds is 2. The van der Waals surface area contributed by atoms with Gasteiger partial charge in [0.25, 0.3) is 5.56 Å². The summed E-state index contributed by atoms with van der Waals surface area (Å²) in [5, 5.41) is 9.34. The van der Waals surface area contributed by atoms with Gasteiger partial charge in [0.2, 0.25) is 0 Å². The Labute approximate surface area is 119 Å². The lowest BCUT2D eigenvalue weighted by Gasteiger charge is -2.22. The van der Waals surface area contributed by atoms with Crippen molar-refractivity contribution >= 4 is 5.97 Å². The highest BCUT2D eigenvalue weighted by atomic mass is 16.4. The van der Waals surface area contributed by atoms with E-state index in [0.29, 0.717) is 17.2 Å². The molecule has 0 radical (unpaired) electrons. The van der Waals surface area contributed by atoms with Crippen molar-refractivity contribution in [1.82, 2.24) is 4.57 Å². The average Bonchev–Trinajstić information content (AvgIpc) is 2.53. The molecule has 0 bridgehead atoms. The number of nitrogens with zero attached hydrogens (tertiary/aromatic N) is 1. The first-order valence-corrected chi connectivity index (χ1v) is 7.37. The summed E-state index contributed by atoms with van der Waals surface area (Å²) in [6.07, 6.45) is 5.33. The topological polar surface area (TPSA) is 59.3 Å². The molecule has 0 aliphatic heterocycles. The molecule has 2 unspecified atom stereocenters. The van der Waals surface area contributed by atoms with Crippen LogP contribution in [0.25, 0.3) is 0 Å². The van der Waals surface area contributed by atoms with Crippen LogP contribution in [0.1, 0.15) is 66.7 Å². The van der Waals surface area contributed by atoms with Gasteiger partial charge in [-0.05, 0) is 44.6 Å². The number of carboxylic acids is 1. The Bertz CT molecular complexity index is 574. The summed E-state index contributed by atoms with van der Waals surface area (Å²) in [7, 11) is 0. The maximum absolute atomic E-state index is 12.3. The van der Waals surface area contributed by atoms with Gasteiger partial charge in [0.15, 0.2) is 0 Å². The zero-order valence-electron chi connectivity index (χ0n) is 12.5. The molecular formula is C16H23NO3. The minimum Gasteiger partial charge on any atom is -0.478 e. The van der Waals surface area contributed by atoms with Crippen molar-refractivity contribution in [2.75, 3.05) is 0 Å². The lowest BCUT2D eigenvalue weighted by Crippen LogP contribution is -2.29. The monoisotopic (exact) mass is 277 g/mol. The molecule has 1 aromatic rings. The van der Waals surface area contributed by atoms with Gasteiger partial charge in [0, 0.05) is 17.8 Å². The number of pyridine rings is 1. The van der Waals surface area contributed by atoms with Gasteiger partial charge in [0.05, 0.1) is 5.56 Å². The number of aromatic nitrogens is 1. The highest BCUT2D eigenvalue weighted by Crippen LogP contribution is 2.30. The SMILES string of the molecule is Cc1cc(=O)n(C2CCCC(C)CC2)c(C)c1C(=O)O. The van der Waals surface area contributed by atoms with E-state index in [4.69, 9.17) is 0 Å². The van der Waals surface area contributed by atoms with E-state index in [1.54, 1.807) is 18.4 Å². The van der Waals surface area contributed by atoms with Crippen LogP contribution >= 0.6 is 0 Å². The van der Waals surface area contributed by atoms with Crippen LogP contribution in [0.3, 0.4) is 0 Å². The van der Waals surface area contributed by atoms with Gasteiger partial charge >= 0.3 is 5.97 Å². The second kappa shape index (κ2) is 5.81. The van der Waals surface area contributed by atoms with Crippen molar-refractivity contribution in [2.45, 2.75) is 58.9 Å². The lowest BCUT2D eigenvalue weighted by atomic mass is 10.0. The Morgan fingerprint density at radius 2 is 1.95 bits per heavy atom. The number of hydrogen-bond donors (Lipinski definition) is 1. The van der Waals surface area contributed by atoms with E-state index in [1.807, 2.05) is 0 Å². The summed E-state index contributed by atoms with van der Waals surface area (Å²) in [5.74, 6) is -0.254. The standard InChI is InChI=1S/C16H23NO3/c1-10-5-4-6-13(8-7-10)17-12(3)15(16(19)20)11(2)9-14(17)18/h9-10,13H,4-8H2,1-3H3,(H,19,20). The molecule has 0 spiro atoms. The molecule has 1 aliphatic rings. The summed E-state index contributed by atoms with van der Waals surface area (Å²) in [5.41, 5.74) is 1.37. The van der Waals surface area contributed by atoms with E-state index in [2.05, 4.69) is 6.92 Å². The van der Waals surface area contributed by atoms with Gasteiger partial charge in [-0.15, -0.1) is 0 Å². The quantitative estimate of drug-likeness (QED) is 0.844. The molecule has 0 aromatic carbocycles. The number of aryl methyl sites for hydroxylation is 1. The smallest absolute Gasteiger partial charge is 0.337 e. The molecule has 4 nitrogen and oxygen atoms in total. The third kappa shape index (κ3) is 2.79. The van der Waals surface area contributed by atoms with Crippen molar-refractivity contribution in [3.63, 3.8) is 0 Å². The van der Waals surface area contributed by atoms with Gasteiger partial charge in [-0.3, -0.25) is 4.79 Å². The normalized spacial score (nSPS) is 23.4. The molecule has 1 heterocycles. The average molecular weight is 277 g/mol. The van der Waals surface area contributed by atoms with Crippen molar-refractivity contribution in [1.29, 1.82) is 0 Å². The highest BCUT2D eigenvalue weighted by molar-refractivity contribution is 5.90. The number of hydrogen-bond acceptors (Lipinski definition) is 2. The second-order valence-corrected chi connectivity index (χ2v) is 6.07. The zero-order chi connectivity index (χ0) is 14.9. The second-order valence-electron chi connectivity index (χ2n) is 6.07. The highest BCUT2D eigenvalue weighted by Gasteiger charge is 2.23. The molecule has 1 N–H and O–H groups in total. The predicted octanol–water partition coefficient (Wildman–Crippen LogP) is 3.30. The van der Waals surface area contributed by atoms with Crippen LogP contribution in [0.15, 0.2) is 10.9 Å². The molecule has 0 amide bonds. The number of carbonyl (C=O) groups is 1. The van der Waals surface area contributed by atoms with Gasteiger partial charge < -0.3 is 9.67 Å². The Kier molecular flexibility index (Phi) is 4.31. The minimum atomic E-state index is -0.948. The molecule has 0 saturated heterocycles. The maximum atomic E-state index is 12.3. The molecule has 4 heteroatoms. The molecule has 1 aromatic heterocycles. The van der Waals surface area contributed by atoms with Crippen LogP contribution in [-0.4, -0.2) is 15.6 Å². The first kappa shape index (κ1) is 14.8. The fourth-order valence-electron chi connectivity index (χ4n) is 3.40. The van der Waals surface area contributed by atoms with E-state index < -0.39 is 5.97 Å². The molecule has 1 aliphatic carbocycles. The van der Waals surface area contributed by atoms with E-state index >= 15 is 0 Å². The van der Waals surface area contributed by atoms with E-state index in [-0.39, 0.29) is 17.2 Å². The van der Waals surface area contributed by atoms with Crippen LogP contribution in [0.4, 0.5) is 0 Å². The molecule has 20 heavy (non-hydrogen) atoms. The Hall–Kier alpha value is -1.58. The molecule has 1 saturated carbocycles. The first-order chi connectivity index (χ1) is 9.41. The summed E-state index contributed by atoms with van der Waals surface area (Å²) in [6, 6.07) is 1.61. The summed E-state index contributed by atoms with van der Waals surface area (Å²) in [4.78, 5) is 23.7. The van der Waals surface area contributed by atoms with Gasteiger partial charge in [-0.1, -0.05) is 19.8 Å². The third-order valence-corrected chi connectivity index (χ3v) is 4.50. The summed E-state index contributed by atoms with van der Waals surface area (Å²) >= 11 is 0. The fraction of sp³-hybridized carbons (Fsp3) is 0.625. The van der Waals surface area contributed by atoms with Gasteiger partial charge in [-0.2, -0.15) is 0 Å². The summed E-state index contributed by atoms with van der Waals surface area (Å²) < 4.78 is 1.72. The van der Waals surface area contributed by atoms with E-state index in [9.17, 15) is 14.7 Å². The Balaban J connectivity index is 2.48. The zero-order valence-corrected chi connectivity index (χ0v) is 12.5.